The van der Waals surface area contributed by atoms with Gasteiger partial charge in [0.2, 0.25) is 6.79 Å². The van der Waals surface area contributed by atoms with Gasteiger partial charge < -0.3 is 20.1 Å². The van der Waals surface area contributed by atoms with Crippen molar-refractivity contribution in [2.45, 2.75) is 6.54 Å². The van der Waals surface area contributed by atoms with Gasteiger partial charge >= 0.3 is 0 Å². The molecule has 0 unspecified atom stereocenters. The summed E-state index contributed by atoms with van der Waals surface area (Å²) in [6.45, 7) is 4.74. The van der Waals surface area contributed by atoms with Gasteiger partial charge in [-0.15, -0.1) is 0 Å². The molecule has 0 aliphatic carbocycles. The van der Waals surface area contributed by atoms with Crippen molar-refractivity contribution in [1.29, 1.82) is 0 Å². The molecule has 0 atom stereocenters. The lowest BCUT2D eigenvalue weighted by Crippen LogP contribution is -2.46. The Kier molecular flexibility index (Phi) is 4.03. The number of rotatable bonds is 3. The minimum absolute atomic E-state index is 0.306. The smallest absolute Gasteiger partial charge is 0.231 e. The molecule has 0 radical (unpaired) electrons. The van der Waals surface area contributed by atoms with Gasteiger partial charge in [-0.05, 0) is 17.7 Å². The van der Waals surface area contributed by atoms with Crippen molar-refractivity contribution >= 4 is 23.1 Å². The molecule has 0 amide bonds. The van der Waals surface area contributed by atoms with Gasteiger partial charge in [0.05, 0.1) is 0 Å². The van der Waals surface area contributed by atoms with Crippen LogP contribution in [0.25, 0.3) is 0 Å². The highest BCUT2D eigenvalue weighted by molar-refractivity contribution is 6.32. The van der Waals surface area contributed by atoms with Gasteiger partial charge in [0, 0.05) is 32.7 Å². The quantitative estimate of drug-likeness (QED) is 0.848. The monoisotopic (exact) mass is 347 g/mol. The number of nitrogens with zero attached hydrogens (tertiary/aromatic N) is 4. The first-order valence-electron chi connectivity index (χ1n) is 7.82. The van der Waals surface area contributed by atoms with E-state index in [2.05, 4.69) is 31.9 Å². The molecule has 1 aromatic carbocycles. The fourth-order valence-corrected chi connectivity index (χ4v) is 3.16. The molecule has 1 fully saturated rings. The van der Waals surface area contributed by atoms with E-state index in [1.165, 1.54) is 11.9 Å². The van der Waals surface area contributed by atoms with Gasteiger partial charge in [0.1, 0.15) is 12.0 Å². The van der Waals surface area contributed by atoms with E-state index in [1.807, 2.05) is 6.07 Å². The molecule has 3 heterocycles. The highest BCUT2D eigenvalue weighted by Crippen LogP contribution is 2.33. The Morgan fingerprint density at radius 2 is 1.88 bits per heavy atom. The van der Waals surface area contributed by atoms with Crippen LogP contribution < -0.4 is 20.1 Å². The van der Waals surface area contributed by atoms with E-state index in [0.29, 0.717) is 17.6 Å². The minimum atomic E-state index is 0.306. The summed E-state index contributed by atoms with van der Waals surface area (Å²) >= 11 is 5.98. The number of nitrogens with two attached hydrogens (primary N) is 1. The minimum Gasteiger partial charge on any atom is -0.454 e. The van der Waals surface area contributed by atoms with Crippen molar-refractivity contribution in [3.05, 3.63) is 35.2 Å². The predicted molar refractivity (Wildman–Crippen MR) is 91.5 cm³/mol. The second-order valence-electron chi connectivity index (χ2n) is 5.85. The molecule has 8 heteroatoms. The van der Waals surface area contributed by atoms with Crippen LogP contribution in [0.3, 0.4) is 0 Å². The largest absolute Gasteiger partial charge is 0.454 e. The standard InChI is InChI=1S/C16H18ClN5O2/c17-15-14(18)16(20-9-19-15)22-5-3-21(4-6-22)8-11-1-2-12-13(7-11)24-10-23-12/h1-2,7,9H,3-6,8,10,18H2. The van der Waals surface area contributed by atoms with Crippen molar-refractivity contribution in [3.63, 3.8) is 0 Å². The van der Waals surface area contributed by atoms with Crippen molar-refractivity contribution in [3.8, 4) is 11.5 Å². The average molecular weight is 348 g/mol. The molecule has 0 spiro atoms. The van der Waals surface area contributed by atoms with Crippen LogP contribution in [0.4, 0.5) is 11.5 Å². The van der Waals surface area contributed by atoms with E-state index >= 15 is 0 Å². The number of halogens is 1. The first-order chi connectivity index (χ1) is 11.7. The van der Waals surface area contributed by atoms with Crippen LogP contribution in [0.15, 0.2) is 24.5 Å². The van der Waals surface area contributed by atoms with E-state index in [0.717, 1.165) is 50.0 Å². The number of ether oxygens (including phenoxy) is 2. The van der Waals surface area contributed by atoms with Crippen molar-refractivity contribution < 1.29 is 9.47 Å². The average Bonchev–Trinajstić information content (AvgIpc) is 3.06. The zero-order valence-corrected chi connectivity index (χ0v) is 13.9. The van der Waals surface area contributed by atoms with Crippen LogP contribution in [0.1, 0.15) is 5.56 Å². The summed E-state index contributed by atoms with van der Waals surface area (Å²) < 4.78 is 10.8. The molecular weight excluding hydrogens is 330 g/mol. The summed E-state index contributed by atoms with van der Waals surface area (Å²) in [5.41, 5.74) is 7.65. The number of anilines is 2. The lowest BCUT2D eigenvalue weighted by Gasteiger charge is -2.35. The van der Waals surface area contributed by atoms with Gasteiger partial charge in [-0.3, -0.25) is 4.90 Å². The van der Waals surface area contributed by atoms with Crippen LogP contribution in [0.2, 0.25) is 5.15 Å². The number of hydrogen-bond acceptors (Lipinski definition) is 7. The Morgan fingerprint density at radius 1 is 1.08 bits per heavy atom. The number of hydrogen-bond donors (Lipinski definition) is 1. The van der Waals surface area contributed by atoms with Crippen LogP contribution in [0.5, 0.6) is 11.5 Å². The van der Waals surface area contributed by atoms with Gasteiger partial charge in [0.25, 0.3) is 0 Å². The molecule has 7 nitrogen and oxygen atoms in total. The third-order valence-electron chi connectivity index (χ3n) is 4.33. The summed E-state index contributed by atoms with van der Waals surface area (Å²) in [7, 11) is 0. The molecule has 1 saturated heterocycles. The van der Waals surface area contributed by atoms with Gasteiger partial charge in [-0.25, -0.2) is 9.97 Å². The highest BCUT2D eigenvalue weighted by Gasteiger charge is 2.21. The van der Waals surface area contributed by atoms with Crippen LogP contribution in [0, 0.1) is 0 Å². The third-order valence-corrected chi connectivity index (χ3v) is 4.63. The Balaban J connectivity index is 1.39. The predicted octanol–water partition coefficient (Wildman–Crippen LogP) is 1.76. The lowest BCUT2D eigenvalue weighted by atomic mass is 10.1. The topological polar surface area (TPSA) is 76.7 Å². The lowest BCUT2D eigenvalue weighted by molar-refractivity contribution is 0.174. The van der Waals surface area contributed by atoms with Crippen molar-refractivity contribution in [2.24, 2.45) is 0 Å². The highest BCUT2D eigenvalue weighted by atomic mass is 35.5. The second kappa shape index (κ2) is 6.33. The zero-order chi connectivity index (χ0) is 16.5. The molecule has 2 N–H and O–H groups in total. The molecule has 4 rings (SSSR count). The fraction of sp³-hybridized carbons (Fsp3) is 0.375. The molecule has 24 heavy (non-hydrogen) atoms. The third kappa shape index (κ3) is 2.92. The molecule has 126 valence electrons. The number of benzene rings is 1. The van der Waals surface area contributed by atoms with Gasteiger partial charge in [0.15, 0.2) is 22.5 Å². The maximum absolute atomic E-state index is 5.99. The molecule has 1 aromatic heterocycles. The maximum Gasteiger partial charge on any atom is 0.231 e. The second-order valence-corrected chi connectivity index (χ2v) is 6.21. The van der Waals surface area contributed by atoms with E-state index < -0.39 is 0 Å². The molecular formula is C16H18ClN5O2. The summed E-state index contributed by atoms with van der Waals surface area (Å²) in [6, 6.07) is 6.11. The molecule has 2 aliphatic heterocycles. The molecule has 0 bridgehead atoms. The Labute approximate surface area is 144 Å². The Morgan fingerprint density at radius 3 is 2.71 bits per heavy atom. The fourth-order valence-electron chi connectivity index (χ4n) is 3.03. The molecule has 2 aliphatic rings. The van der Waals surface area contributed by atoms with Crippen LogP contribution >= 0.6 is 11.6 Å². The van der Waals surface area contributed by atoms with Crippen LogP contribution in [-0.2, 0) is 6.54 Å². The first kappa shape index (κ1) is 15.3. The normalized spacial score (nSPS) is 17.3. The number of piperazine rings is 1. The van der Waals surface area contributed by atoms with E-state index in [9.17, 15) is 0 Å². The number of aromatic nitrogens is 2. The molecule has 0 saturated carbocycles. The van der Waals surface area contributed by atoms with E-state index in [4.69, 9.17) is 26.8 Å². The summed E-state index contributed by atoms with van der Waals surface area (Å²) in [4.78, 5) is 12.7. The van der Waals surface area contributed by atoms with E-state index in [-0.39, 0.29) is 0 Å². The van der Waals surface area contributed by atoms with Crippen molar-refractivity contribution in [2.75, 3.05) is 43.6 Å². The first-order valence-corrected chi connectivity index (χ1v) is 8.20. The summed E-state index contributed by atoms with van der Waals surface area (Å²) in [5.74, 6) is 2.37. The zero-order valence-electron chi connectivity index (χ0n) is 13.1. The number of nitrogen functional groups attached to an aromatic ring is 1. The maximum atomic E-state index is 5.99. The SMILES string of the molecule is Nc1c(Cl)ncnc1N1CCN(Cc2ccc3c(c2)OCO3)CC1. The Bertz CT molecular complexity index is 749. The van der Waals surface area contributed by atoms with Crippen molar-refractivity contribution in [1.82, 2.24) is 14.9 Å². The number of fused-ring (bicyclic) bond motifs is 1. The van der Waals surface area contributed by atoms with Gasteiger partial charge in [-0.1, -0.05) is 17.7 Å². The van der Waals surface area contributed by atoms with Crippen LogP contribution in [-0.4, -0.2) is 47.8 Å². The molecule has 2 aromatic rings. The summed E-state index contributed by atoms with van der Waals surface area (Å²) in [6.07, 6.45) is 1.45. The summed E-state index contributed by atoms with van der Waals surface area (Å²) in [5, 5.41) is 0.308. The van der Waals surface area contributed by atoms with Gasteiger partial charge in [-0.2, -0.15) is 0 Å². The van der Waals surface area contributed by atoms with E-state index in [1.54, 1.807) is 0 Å². The Hall–Kier alpha value is -2.25.